The molecule has 0 radical (unpaired) electrons. The van der Waals surface area contributed by atoms with Crippen molar-refractivity contribution in [3.63, 3.8) is 0 Å². The molecule has 0 heterocycles. The van der Waals surface area contributed by atoms with Crippen molar-refractivity contribution in [1.29, 1.82) is 0 Å². The molecule has 0 aliphatic carbocycles. The maximum absolute atomic E-state index is 12.4. The van der Waals surface area contributed by atoms with Crippen LogP contribution in [0.25, 0.3) is 0 Å². The minimum Gasteiger partial charge on any atom is -0.481 e. The fraction of sp³-hybridized carbons (Fsp3) is 0.588. The van der Waals surface area contributed by atoms with Crippen molar-refractivity contribution in [2.24, 2.45) is 11.5 Å². The van der Waals surface area contributed by atoms with Crippen LogP contribution in [0.4, 0.5) is 0 Å². The molecule has 0 fully saturated rings. The van der Waals surface area contributed by atoms with E-state index in [-0.39, 0.29) is 6.42 Å². The number of carboxylic acids is 3. The Labute approximate surface area is 181 Å². The molecule has 0 aromatic heterocycles. The van der Waals surface area contributed by atoms with Gasteiger partial charge in [-0.25, -0.2) is 4.79 Å². The lowest BCUT2D eigenvalue weighted by molar-refractivity contribution is -0.143. The molecule has 4 atom stereocenters. The minimum atomic E-state index is -1.53. The molecule has 0 bridgehead atoms. The topological polar surface area (TPSA) is 268 Å². The Bertz CT molecular complexity index is 756. The number of carboxylic acid groups (broad SMARTS) is 3. The third-order valence-electron chi connectivity index (χ3n) is 4.06. The summed E-state index contributed by atoms with van der Waals surface area (Å²) in [4.78, 5) is 80.2. The van der Waals surface area contributed by atoms with E-state index in [2.05, 4.69) is 16.0 Å². The van der Waals surface area contributed by atoms with Gasteiger partial charge in [-0.15, -0.1) is 0 Å². The summed E-state index contributed by atoms with van der Waals surface area (Å²) in [6.07, 6.45) is -2.23. The smallest absolute Gasteiger partial charge is 0.326 e. The summed E-state index contributed by atoms with van der Waals surface area (Å²) in [5, 5.41) is 32.7. The number of primary amides is 1. The number of nitrogens with one attached hydrogen (secondary N) is 3. The van der Waals surface area contributed by atoms with Gasteiger partial charge in [0.05, 0.1) is 12.5 Å². The van der Waals surface area contributed by atoms with Crippen LogP contribution in [-0.2, 0) is 33.6 Å². The van der Waals surface area contributed by atoms with Crippen molar-refractivity contribution >= 4 is 41.5 Å². The lowest BCUT2D eigenvalue weighted by Gasteiger charge is -2.22. The zero-order valence-electron chi connectivity index (χ0n) is 17.2. The van der Waals surface area contributed by atoms with E-state index in [0.717, 1.165) is 0 Å². The van der Waals surface area contributed by atoms with Gasteiger partial charge in [-0.3, -0.25) is 28.8 Å². The summed E-state index contributed by atoms with van der Waals surface area (Å²) in [5.74, 6) is -7.81. The van der Waals surface area contributed by atoms with Crippen molar-refractivity contribution in [2.45, 2.75) is 63.2 Å². The fourth-order valence-corrected chi connectivity index (χ4v) is 2.30. The van der Waals surface area contributed by atoms with Crippen LogP contribution < -0.4 is 27.4 Å². The van der Waals surface area contributed by atoms with Gasteiger partial charge >= 0.3 is 17.9 Å². The zero-order valence-corrected chi connectivity index (χ0v) is 17.2. The Balaban J connectivity index is 5.07. The third-order valence-corrected chi connectivity index (χ3v) is 4.06. The van der Waals surface area contributed by atoms with Gasteiger partial charge in [-0.2, -0.15) is 0 Å². The maximum Gasteiger partial charge on any atom is 0.326 e. The number of amides is 4. The lowest BCUT2D eigenvalue weighted by Crippen LogP contribution is -2.57. The van der Waals surface area contributed by atoms with Crippen LogP contribution in [-0.4, -0.2) is 81.0 Å². The summed E-state index contributed by atoms with van der Waals surface area (Å²) >= 11 is 0. The van der Waals surface area contributed by atoms with Gasteiger partial charge in [-0.1, -0.05) is 0 Å². The molecule has 0 aliphatic heterocycles. The monoisotopic (exact) mass is 461 g/mol. The van der Waals surface area contributed by atoms with Crippen LogP contribution >= 0.6 is 0 Å². The number of carbonyl (C=O) groups excluding carboxylic acids is 4. The summed E-state index contributed by atoms with van der Waals surface area (Å²) in [5.41, 5.74) is 10.6. The average Bonchev–Trinajstić information content (AvgIpc) is 2.67. The zero-order chi connectivity index (χ0) is 25.0. The van der Waals surface area contributed by atoms with E-state index < -0.39 is 91.4 Å². The van der Waals surface area contributed by atoms with Gasteiger partial charge in [0.25, 0.3) is 0 Å². The molecule has 32 heavy (non-hydrogen) atoms. The Morgan fingerprint density at radius 2 is 1.25 bits per heavy atom. The molecule has 10 N–H and O–H groups in total. The average molecular weight is 461 g/mol. The molecule has 0 saturated heterocycles. The third kappa shape index (κ3) is 11.4. The first-order valence-corrected chi connectivity index (χ1v) is 9.36. The summed E-state index contributed by atoms with van der Waals surface area (Å²) in [6, 6.07) is -5.68. The molecule has 4 amide bonds. The molecule has 0 spiro atoms. The molecule has 0 rings (SSSR count). The predicted molar refractivity (Wildman–Crippen MR) is 105 cm³/mol. The highest BCUT2D eigenvalue weighted by atomic mass is 16.4. The van der Waals surface area contributed by atoms with Crippen LogP contribution in [0.3, 0.4) is 0 Å². The Kier molecular flexibility index (Phi) is 11.9. The quantitative estimate of drug-likeness (QED) is 0.118. The summed E-state index contributed by atoms with van der Waals surface area (Å²) < 4.78 is 0. The van der Waals surface area contributed by atoms with Gasteiger partial charge in [0.1, 0.15) is 18.1 Å². The highest BCUT2D eigenvalue weighted by molar-refractivity contribution is 5.96. The predicted octanol–water partition coefficient (Wildman–Crippen LogP) is -3.52. The first-order valence-electron chi connectivity index (χ1n) is 9.36. The van der Waals surface area contributed by atoms with Crippen LogP contribution in [0, 0.1) is 0 Å². The van der Waals surface area contributed by atoms with Crippen LogP contribution in [0.15, 0.2) is 0 Å². The van der Waals surface area contributed by atoms with Gasteiger partial charge in [0.2, 0.25) is 23.6 Å². The van der Waals surface area contributed by atoms with E-state index in [0.29, 0.717) is 0 Å². The van der Waals surface area contributed by atoms with E-state index >= 15 is 0 Å². The number of hydrogen-bond donors (Lipinski definition) is 8. The number of carbonyl (C=O) groups is 7. The SMILES string of the molecule is CC(NC(=O)C(CC(N)=O)NC(=O)C(N)CCC(=O)O)C(=O)NC(CCC(=O)O)C(=O)O. The maximum atomic E-state index is 12.4. The highest BCUT2D eigenvalue weighted by Crippen LogP contribution is 2.01. The molecule has 0 aromatic rings. The molecular formula is C17H27N5O10. The Morgan fingerprint density at radius 3 is 1.72 bits per heavy atom. The van der Waals surface area contributed by atoms with Gasteiger partial charge < -0.3 is 42.7 Å². The number of aliphatic carboxylic acids is 3. The summed E-state index contributed by atoms with van der Waals surface area (Å²) in [7, 11) is 0. The highest BCUT2D eigenvalue weighted by Gasteiger charge is 2.29. The van der Waals surface area contributed by atoms with E-state index in [9.17, 15) is 33.6 Å². The molecular weight excluding hydrogens is 434 g/mol. The second-order valence-corrected chi connectivity index (χ2v) is 6.83. The molecule has 15 heteroatoms. The van der Waals surface area contributed by atoms with E-state index in [4.69, 9.17) is 26.8 Å². The van der Waals surface area contributed by atoms with E-state index in [1.165, 1.54) is 6.92 Å². The molecule has 180 valence electrons. The molecule has 4 unspecified atom stereocenters. The van der Waals surface area contributed by atoms with Crippen molar-refractivity contribution in [1.82, 2.24) is 16.0 Å². The van der Waals surface area contributed by atoms with Gasteiger partial charge in [0.15, 0.2) is 0 Å². The van der Waals surface area contributed by atoms with E-state index in [1.807, 2.05) is 0 Å². The molecule has 0 aliphatic rings. The second-order valence-electron chi connectivity index (χ2n) is 6.83. The fourth-order valence-electron chi connectivity index (χ4n) is 2.30. The van der Waals surface area contributed by atoms with Crippen LogP contribution in [0.1, 0.15) is 39.0 Å². The molecule has 0 aromatic carbocycles. The lowest BCUT2D eigenvalue weighted by atomic mass is 10.1. The number of rotatable bonds is 15. The van der Waals surface area contributed by atoms with Crippen LogP contribution in [0.2, 0.25) is 0 Å². The largest absolute Gasteiger partial charge is 0.481 e. The van der Waals surface area contributed by atoms with Crippen molar-refractivity contribution in [3.05, 3.63) is 0 Å². The van der Waals surface area contributed by atoms with Gasteiger partial charge in [-0.05, 0) is 19.8 Å². The first-order chi connectivity index (χ1) is 14.7. The first kappa shape index (κ1) is 28.2. The number of nitrogens with two attached hydrogens (primary N) is 2. The van der Waals surface area contributed by atoms with Crippen molar-refractivity contribution < 1.29 is 48.9 Å². The Morgan fingerprint density at radius 1 is 0.750 bits per heavy atom. The molecule has 15 nitrogen and oxygen atoms in total. The summed E-state index contributed by atoms with van der Waals surface area (Å²) in [6.45, 7) is 1.19. The molecule has 0 saturated carbocycles. The van der Waals surface area contributed by atoms with Crippen molar-refractivity contribution in [3.8, 4) is 0 Å². The normalized spacial score (nSPS) is 14.2. The number of hydrogen-bond acceptors (Lipinski definition) is 8. The van der Waals surface area contributed by atoms with Gasteiger partial charge in [0, 0.05) is 12.8 Å². The Hall–Kier alpha value is -3.75. The second kappa shape index (κ2) is 13.5. The minimum absolute atomic E-state index is 0.238. The van der Waals surface area contributed by atoms with Crippen molar-refractivity contribution in [2.75, 3.05) is 0 Å². The standard InChI is InChI=1S/C17H27N5O10/c1-7(14(28)21-9(17(31)32)3-5-13(26)27)20-16(30)10(6-11(19)23)22-15(29)8(18)2-4-12(24)25/h7-10H,2-6,18H2,1H3,(H2,19,23)(H,20,30)(H,21,28)(H,22,29)(H,24,25)(H,26,27)(H,31,32). The van der Waals surface area contributed by atoms with Crippen LogP contribution in [0.5, 0.6) is 0 Å². The van der Waals surface area contributed by atoms with E-state index in [1.54, 1.807) is 0 Å².